The highest BCUT2D eigenvalue weighted by molar-refractivity contribution is 6.30. The molecule has 27 heavy (non-hydrogen) atoms. The predicted molar refractivity (Wildman–Crippen MR) is 103 cm³/mol. The minimum Gasteiger partial charge on any atom is -0.380 e. The Morgan fingerprint density at radius 2 is 1.81 bits per heavy atom. The van der Waals surface area contributed by atoms with Crippen molar-refractivity contribution in [1.29, 1.82) is 0 Å². The van der Waals surface area contributed by atoms with E-state index in [1.54, 1.807) is 37.7 Å². The molecule has 0 spiro atoms. The highest BCUT2D eigenvalue weighted by Gasteiger charge is 2.24. The molecule has 2 amide bonds. The summed E-state index contributed by atoms with van der Waals surface area (Å²) in [5.74, 6) is 1.35. The van der Waals surface area contributed by atoms with Gasteiger partial charge in [0.15, 0.2) is 0 Å². The molecule has 0 atom stereocenters. The van der Waals surface area contributed by atoms with Crippen LogP contribution in [0.25, 0.3) is 0 Å². The zero-order valence-corrected chi connectivity index (χ0v) is 16.1. The van der Waals surface area contributed by atoms with Gasteiger partial charge in [-0.1, -0.05) is 11.6 Å². The van der Waals surface area contributed by atoms with E-state index in [1.807, 2.05) is 35.6 Å². The van der Waals surface area contributed by atoms with Crippen LogP contribution < -0.4 is 10.6 Å². The number of aromatic nitrogens is 4. The number of rotatable bonds is 6. The number of amides is 2. The van der Waals surface area contributed by atoms with Gasteiger partial charge in [0.2, 0.25) is 0 Å². The number of benzene rings is 1. The highest BCUT2D eigenvalue weighted by Crippen LogP contribution is 2.23. The van der Waals surface area contributed by atoms with E-state index in [4.69, 9.17) is 16.3 Å². The average Bonchev–Trinajstić information content (AvgIpc) is 3.24. The van der Waals surface area contributed by atoms with Crippen molar-refractivity contribution in [2.24, 2.45) is 14.1 Å². The SMILES string of the molecule is COCc1cc(Cl)ccc1NC(=O)NC(c1nccn1C)c1nccn1C. The number of anilines is 1. The van der Waals surface area contributed by atoms with E-state index in [1.165, 1.54) is 0 Å². The van der Waals surface area contributed by atoms with Gasteiger partial charge in [-0.05, 0) is 18.2 Å². The number of hydrogen-bond donors (Lipinski definition) is 2. The van der Waals surface area contributed by atoms with Gasteiger partial charge < -0.3 is 24.5 Å². The molecule has 2 heterocycles. The van der Waals surface area contributed by atoms with E-state index < -0.39 is 6.04 Å². The smallest absolute Gasteiger partial charge is 0.320 e. The van der Waals surface area contributed by atoms with Crippen LogP contribution in [0.3, 0.4) is 0 Å². The van der Waals surface area contributed by atoms with E-state index >= 15 is 0 Å². The van der Waals surface area contributed by atoms with E-state index in [0.717, 1.165) is 5.56 Å². The third-order valence-electron chi connectivity index (χ3n) is 4.12. The zero-order valence-electron chi connectivity index (χ0n) is 15.3. The van der Waals surface area contributed by atoms with Crippen LogP contribution in [0.15, 0.2) is 43.0 Å². The minimum absolute atomic E-state index is 0.332. The van der Waals surface area contributed by atoms with Crippen LogP contribution in [0, 0.1) is 0 Å². The predicted octanol–water partition coefficient (Wildman–Crippen LogP) is 2.86. The van der Waals surface area contributed by atoms with Crippen LogP contribution in [0.5, 0.6) is 0 Å². The number of imidazole rings is 2. The van der Waals surface area contributed by atoms with Crippen LogP contribution in [-0.2, 0) is 25.4 Å². The Morgan fingerprint density at radius 1 is 1.19 bits per heavy atom. The maximum Gasteiger partial charge on any atom is 0.320 e. The molecule has 2 aromatic heterocycles. The number of urea groups is 1. The summed E-state index contributed by atoms with van der Waals surface area (Å²) in [4.78, 5) is 21.4. The number of aryl methyl sites for hydroxylation is 2. The second kappa shape index (κ2) is 8.24. The largest absolute Gasteiger partial charge is 0.380 e. The van der Waals surface area contributed by atoms with Gasteiger partial charge in [0, 0.05) is 62.3 Å². The fourth-order valence-corrected chi connectivity index (χ4v) is 3.00. The number of ether oxygens (including phenoxy) is 1. The fourth-order valence-electron chi connectivity index (χ4n) is 2.80. The lowest BCUT2D eigenvalue weighted by Crippen LogP contribution is -2.36. The van der Waals surface area contributed by atoms with Crippen molar-refractivity contribution in [3.05, 3.63) is 65.2 Å². The standard InChI is InChI=1S/C18H21ClN6O2/c1-24-8-6-20-16(24)15(17-21-7-9-25(17)2)23-18(26)22-14-5-4-13(19)10-12(14)11-27-3/h4-10,15H,11H2,1-3H3,(H2,22,23,26). The molecule has 2 N–H and O–H groups in total. The number of carbonyl (C=O) groups excluding carboxylic acids is 1. The van der Waals surface area contributed by atoms with Gasteiger partial charge >= 0.3 is 6.03 Å². The quantitative estimate of drug-likeness (QED) is 0.679. The first-order chi connectivity index (χ1) is 13.0. The molecule has 3 aromatic rings. The molecule has 0 aliphatic carbocycles. The summed E-state index contributed by atoms with van der Waals surface area (Å²) >= 11 is 6.04. The number of methoxy groups -OCH3 is 1. The normalized spacial score (nSPS) is 11.0. The lowest BCUT2D eigenvalue weighted by atomic mass is 10.2. The average molecular weight is 389 g/mol. The molecule has 0 aliphatic heterocycles. The molecule has 0 unspecified atom stereocenters. The Kier molecular flexibility index (Phi) is 5.78. The molecule has 0 saturated carbocycles. The van der Waals surface area contributed by atoms with Crippen LogP contribution >= 0.6 is 11.6 Å². The Hall–Kier alpha value is -2.84. The number of hydrogen-bond acceptors (Lipinski definition) is 4. The lowest BCUT2D eigenvalue weighted by molar-refractivity contribution is 0.185. The maximum atomic E-state index is 12.7. The molecular weight excluding hydrogens is 368 g/mol. The van der Waals surface area contributed by atoms with Crippen molar-refractivity contribution >= 4 is 23.3 Å². The summed E-state index contributed by atoms with van der Waals surface area (Å²) in [5, 5.41) is 6.37. The third kappa shape index (κ3) is 4.29. The first-order valence-corrected chi connectivity index (χ1v) is 8.66. The second-order valence-corrected chi connectivity index (χ2v) is 6.50. The van der Waals surface area contributed by atoms with Crippen molar-refractivity contribution in [1.82, 2.24) is 24.4 Å². The minimum atomic E-state index is -0.511. The Balaban J connectivity index is 1.84. The van der Waals surface area contributed by atoms with Crippen LogP contribution in [-0.4, -0.2) is 32.2 Å². The summed E-state index contributed by atoms with van der Waals surface area (Å²) in [6, 6.07) is 4.32. The van der Waals surface area contributed by atoms with Crippen molar-refractivity contribution < 1.29 is 9.53 Å². The highest BCUT2D eigenvalue weighted by atomic mass is 35.5. The van der Waals surface area contributed by atoms with Gasteiger partial charge in [-0.3, -0.25) is 0 Å². The van der Waals surface area contributed by atoms with Crippen LogP contribution in [0.1, 0.15) is 23.3 Å². The molecule has 3 rings (SSSR count). The zero-order chi connectivity index (χ0) is 19.4. The van der Waals surface area contributed by atoms with Gasteiger partial charge in [-0.2, -0.15) is 0 Å². The Labute approximate surface area is 162 Å². The van der Waals surface area contributed by atoms with Crippen molar-refractivity contribution in [3.8, 4) is 0 Å². The number of halogens is 1. The molecule has 142 valence electrons. The second-order valence-electron chi connectivity index (χ2n) is 6.06. The summed E-state index contributed by atoms with van der Waals surface area (Å²) in [6.45, 7) is 0.332. The lowest BCUT2D eigenvalue weighted by Gasteiger charge is -2.19. The fraction of sp³-hybridized carbons (Fsp3) is 0.278. The van der Waals surface area contributed by atoms with Crippen molar-refractivity contribution in [2.45, 2.75) is 12.6 Å². The van der Waals surface area contributed by atoms with Gasteiger partial charge in [0.05, 0.1) is 6.61 Å². The summed E-state index contributed by atoms with van der Waals surface area (Å²) < 4.78 is 8.87. The van der Waals surface area contributed by atoms with Gasteiger partial charge in [-0.25, -0.2) is 14.8 Å². The summed E-state index contributed by atoms with van der Waals surface area (Å²) in [7, 11) is 5.32. The molecule has 9 heteroatoms. The Morgan fingerprint density at radius 3 is 2.33 bits per heavy atom. The van der Waals surface area contributed by atoms with Crippen LogP contribution in [0.4, 0.5) is 10.5 Å². The van der Waals surface area contributed by atoms with E-state index in [-0.39, 0.29) is 6.03 Å². The first-order valence-electron chi connectivity index (χ1n) is 8.29. The third-order valence-corrected chi connectivity index (χ3v) is 4.36. The van der Waals surface area contributed by atoms with Gasteiger partial charge in [0.1, 0.15) is 17.7 Å². The molecule has 8 nitrogen and oxygen atoms in total. The van der Waals surface area contributed by atoms with E-state index in [2.05, 4.69) is 20.6 Å². The molecule has 0 saturated heterocycles. The number of nitrogens with zero attached hydrogens (tertiary/aromatic N) is 4. The molecule has 1 aromatic carbocycles. The Bertz CT molecular complexity index is 895. The maximum absolute atomic E-state index is 12.7. The molecular formula is C18H21ClN6O2. The number of carbonyl (C=O) groups is 1. The molecule has 0 radical (unpaired) electrons. The van der Waals surface area contributed by atoms with Crippen molar-refractivity contribution in [2.75, 3.05) is 12.4 Å². The van der Waals surface area contributed by atoms with E-state index in [0.29, 0.717) is 29.0 Å². The summed E-state index contributed by atoms with van der Waals surface area (Å²) in [6.07, 6.45) is 7.00. The molecule has 0 aliphatic rings. The van der Waals surface area contributed by atoms with E-state index in [9.17, 15) is 4.79 Å². The first kappa shape index (κ1) is 18.9. The van der Waals surface area contributed by atoms with Gasteiger partial charge in [-0.15, -0.1) is 0 Å². The molecule has 0 bridgehead atoms. The number of nitrogens with one attached hydrogen (secondary N) is 2. The van der Waals surface area contributed by atoms with Crippen LogP contribution in [0.2, 0.25) is 5.02 Å². The monoisotopic (exact) mass is 388 g/mol. The topological polar surface area (TPSA) is 86.0 Å². The van der Waals surface area contributed by atoms with Crippen molar-refractivity contribution in [3.63, 3.8) is 0 Å². The van der Waals surface area contributed by atoms with Gasteiger partial charge in [0.25, 0.3) is 0 Å². The molecule has 0 fully saturated rings. The summed E-state index contributed by atoms with van der Waals surface area (Å²) in [5.41, 5.74) is 1.41.